The smallest absolute Gasteiger partial charge is 0.411 e. The fourth-order valence-electron chi connectivity index (χ4n) is 1.46. The van der Waals surface area contributed by atoms with Crippen molar-refractivity contribution < 1.29 is 14.1 Å². The van der Waals surface area contributed by atoms with Gasteiger partial charge in [-0.2, -0.15) is 4.98 Å². The number of hydrogen-bond acceptors (Lipinski definition) is 5. The van der Waals surface area contributed by atoms with Gasteiger partial charge < -0.3 is 9.26 Å². The maximum atomic E-state index is 11.4. The van der Waals surface area contributed by atoms with Crippen molar-refractivity contribution >= 4 is 11.8 Å². The zero-order valence-electron chi connectivity index (χ0n) is 10.1. The number of nitrogens with one attached hydrogen (secondary N) is 1. The summed E-state index contributed by atoms with van der Waals surface area (Å²) >= 11 is 0. The van der Waals surface area contributed by atoms with Crippen LogP contribution in [0.1, 0.15) is 12.7 Å². The lowest BCUT2D eigenvalue weighted by Crippen LogP contribution is -2.13. The second-order valence-corrected chi connectivity index (χ2v) is 3.54. The molecule has 6 heteroatoms. The number of carbonyl (C=O) groups is 1. The Morgan fingerprint density at radius 1 is 1.44 bits per heavy atom. The number of carbonyl (C=O) groups excluding carboxylic acids is 1. The average molecular weight is 247 g/mol. The Morgan fingerprint density at radius 2 is 2.22 bits per heavy atom. The quantitative estimate of drug-likeness (QED) is 0.902. The van der Waals surface area contributed by atoms with Crippen molar-refractivity contribution in [2.45, 2.75) is 13.8 Å². The standard InChI is InChI=1S/C12H13N3O3/c1-3-17-12(16)14-10-7-5-4-6-9(10)11-13-8(2)15-18-11/h4-7H,3H2,1-2H3,(H,14,16). The molecule has 1 heterocycles. The number of benzene rings is 1. The number of amides is 1. The zero-order chi connectivity index (χ0) is 13.0. The number of hydrogen-bond donors (Lipinski definition) is 1. The first-order chi connectivity index (χ1) is 8.70. The summed E-state index contributed by atoms with van der Waals surface area (Å²) in [7, 11) is 0. The third-order valence-electron chi connectivity index (χ3n) is 2.20. The second-order valence-electron chi connectivity index (χ2n) is 3.54. The summed E-state index contributed by atoms with van der Waals surface area (Å²) in [5, 5.41) is 6.35. The van der Waals surface area contributed by atoms with Crippen molar-refractivity contribution in [2.75, 3.05) is 11.9 Å². The van der Waals surface area contributed by atoms with Crippen LogP contribution in [0, 0.1) is 6.92 Å². The van der Waals surface area contributed by atoms with E-state index in [1.807, 2.05) is 6.07 Å². The Labute approximate surface area is 104 Å². The number of rotatable bonds is 3. The summed E-state index contributed by atoms with van der Waals surface area (Å²) in [6, 6.07) is 7.15. The molecule has 0 radical (unpaired) electrons. The number of nitrogens with zero attached hydrogens (tertiary/aromatic N) is 2. The van der Waals surface area contributed by atoms with Crippen LogP contribution < -0.4 is 5.32 Å². The van der Waals surface area contributed by atoms with Crippen molar-refractivity contribution in [2.24, 2.45) is 0 Å². The van der Waals surface area contributed by atoms with E-state index in [1.54, 1.807) is 32.0 Å². The molecule has 0 aliphatic carbocycles. The minimum absolute atomic E-state index is 0.313. The zero-order valence-corrected chi connectivity index (χ0v) is 10.1. The molecule has 94 valence electrons. The van der Waals surface area contributed by atoms with E-state index in [9.17, 15) is 4.79 Å². The highest BCUT2D eigenvalue weighted by atomic mass is 16.5. The van der Waals surface area contributed by atoms with E-state index in [1.165, 1.54) is 0 Å². The molecule has 6 nitrogen and oxygen atoms in total. The number of anilines is 1. The molecule has 0 aliphatic heterocycles. The first kappa shape index (κ1) is 12.1. The average Bonchev–Trinajstić information content (AvgIpc) is 2.77. The lowest BCUT2D eigenvalue weighted by atomic mass is 10.2. The molecule has 1 aromatic heterocycles. The van der Waals surface area contributed by atoms with Crippen LogP contribution in [0.5, 0.6) is 0 Å². The molecule has 1 amide bonds. The molecule has 0 saturated heterocycles. The van der Waals surface area contributed by atoms with Crippen molar-refractivity contribution in [3.05, 3.63) is 30.1 Å². The van der Waals surface area contributed by atoms with Gasteiger partial charge in [-0.3, -0.25) is 5.32 Å². The van der Waals surface area contributed by atoms with Crippen LogP contribution in [0.25, 0.3) is 11.5 Å². The van der Waals surface area contributed by atoms with Crippen LogP contribution in [0.15, 0.2) is 28.8 Å². The third-order valence-corrected chi connectivity index (χ3v) is 2.20. The maximum absolute atomic E-state index is 11.4. The molecule has 0 fully saturated rings. The van der Waals surface area contributed by atoms with Crippen LogP contribution in [-0.2, 0) is 4.74 Å². The molecular weight excluding hydrogens is 234 g/mol. The number of ether oxygens (including phenoxy) is 1. The molecule has 0 bridgehead atoms. The van der Waals surface area contributed by atoms with E-state index in [4.69, 9.17) is 9.26 Å². The highest BCUT2D eigenvalue weighted by molar-refractivity contribution is 5.90. The topological polar surface area (TPSA) is 77.2 Å². The fraction of sp³-hybridized carbons (Fsp3) is 0.250. The van der Waals surface area contributed by atoms with Gasteiger partial charge in [-0.15, -0.1) is 0 Å². The molecule has 18 heavy (non-hydrogen) atoms. The van der Waals surface area contributed by atoms with E-state index in [-0.39, 0.29) is 0 Å². The first-order valence-electron chi connectivity index (χ1n) is 5.54. The molecule has 0 atom stereocenters. The number of para-hydroxylation sites is 1. The summed E-state index contributed by atoms with van der Waals surface area (Å²) < 4.78 is 9.90. The van der Waals surface area contributed by atoms with E-state index in [0.717, 1.165) is 0 Å². The predicted octanol–water partition coefficient (Wildman–Crippen LogP) is 2.61. The minimum atomic E-state index is -0.513. The SMILES string of the molecule is CCOC(=O)Nc1ccccc1-c1nc(C)no1. The van der Waals surface area contributed by atoms with Crippen LogP contribution in [0.2, 0.25) is 0 Å². The van der Waals surface area contributed by atoms with Gasteiger partial charge in [0.25, 0.3) is 5.89 Å². The van der Waals surface area contributed by atoms with Gasteiger partial charge in [-0.25, -0.2) is 4.79 Å². The molecule has 0 aliphatic rings. The number of aryl methyl sites for hydroxylation is 1. The van der Waals surface area contributed by atoms with Gasteiger partial charge in [0.1, 0.15) is 0 Å². The summed E-state index contributed by atoms with van der Waals surface area (Å²) in [6.45, 7) is 3.79. The third kappa shape index (κ3) is 2.65. The minimum Gasteiger partial charge on any atom is -0.450 e. The molecule has 0 unspecified atom stereocenters. The van der Waals surface area contributed by atoms with Gasteiger partial charge in [0.15, 0.2) is 5.82 Å². The van der Waals surface area contributed by atoms with Crippen molar-refractivity contribution in [1.82, 2.24) is 10.1 Å². The molecule has 2 aromatic rings. The lowest BCUT2D eigenvalue weighted by molar-refractivity contribution is 0.168. The van der Waals surface area contributed by atoms with E-state index < -0.39 is 6.09 Å². The monoisotopic (exact) mass is 247 g/mol. The second kappa shape index (κ2) is 5.31. The molecule has 1 aromatic carbocycles. The van der Waals surface area contributed by atoms with Crippen LogP contribution in [-0.4, -0.2) is 22.8 Å². The molecule has 2 rings (SSSR count). The summed E-state index contributed by atoms with van der Waals surface area (Å²) in [6.07, 6.45) is -0.513. The highest BCUT2D eigenvalue weighted by Crippen LogP contribution is 2.26. The van der Waals surface area contributed by atoms with E-state index in [2.05, 4.69) is 15.5 Å². The van der Waals surface area contributed by atoms with Gasteiger partial charge in [-0.1, -0.05) is 17.3 Å². The Hall–Kier alpha value is -2.37. The number of aromatic nitrogens is 2. The summed E-state index contributed by atoms with van der Waals surface area (Å²) in [5.74, 6) is 0.899. The van der Waals surface area contributed by atoms with Gasteiger partial charge in [-0.05, 0) is 26.0 Å². The van der Waals surface area contributed by atoms with Crippen molar-refractivity contribution in [1.29, 1.82) is 0 Å². The Bertz CT molecular complexity index is 551. The van der Waals surface area contributed by atoms with E-state index in [0.29, 0.717) is 29.6 Å². The van der Waals surface area contributed by atoms with Gasteiger partial charge >= 0.3 is 6.09 Å². The Kier molecular flexibility index (Phi) is 3.57. The normalized spacial score (nSPS) is 10.1. The lowest BCUT2D eigenvalue weighted by Gasteiger charge is -2.07. The highest BCUT2D eigenvalue weighted by Gasteiger charge is 2.13. The maximum Gasteiger partial charge on any atom is 0.411 e. The van der Waals surface area contributed by atoms with Crippen LogP contribution in [0.3, 0.4) is 0 Å². The Balaban J connectivity index is 2.28. The predicted molar refractivity (Wildman–Crippen MR) is 65.1 cm³/mol. The molecule has 0 saturated carbocycles. The van der Waals surface area contributed by atoms with Crippen molar-refractivity contribution in [3.8, 4) is 11.5 Å². The summed E-state index contributed by atoms with van der Waals surface area (Å²) in [5.41, 5.74) is 1.23. The molecular formula is C12H13N3O3. The largest absolute Gasteiger partial charge is 0.450 e. The fourth-order valence-corrected chi connectivity index (χ4v) is 1.46. The van der Waals surface area contributed by atoms with E-state index >= 15 is 0 Å². The van der Waals surface area contributed by atoms with Gasteiger partial charge in [0.05, 0.1) is 17.9 Å². The van der Waals surface area contributed by atoms with Crippen LogP contribution >= 0.6 is 0 Å². The van der Waals surface area contributed by atoms with Gasteiger partial charge in [0.2, 0.25) is 0 Å². The molecule has 0 spiro atoms. The first-order valence-corrected chi connectivity index (χ1v) is 5.54. The van der Waals surface area contributed by atoms with Crippen LogP contribution in [0.4, 0.5) is 10.5 Å². The Morgan fingerprint density at radius 3 is 2.89 bits per heavy atom. The van der Waals surface area contributed by atoms with Crippen molar-refractivity contribution in [3.63, 3.8) is 0 Å². The van der Waals surface area contributed by atoms with Gasteiger partial charge in [0, 0.05) is 0 Å². The summed E-state index contributed by atoms with van der Waals surface area (Å²) in [4.78, 5) is 15.5. The molecule has 1 N–H and O–H groups in total.